The molecule has 0 aromatic carbocycles. The van der Waals surface area contributed by atoms with Crippen molar-refractivity contribution in [3.63, 3.8) is 0 Å². The molecule has 1 aromatic heterocycles. The fourth-order valence-corrected chi connectivity index (χ4v) is 1.40. The zero-order valence-electron chi connectivity index (χ0n) is 8.70. The first-order chi connectivity index (χ1) is 7.75. The maximum Gasteiger partial charge on any atom is 0.280 e. The average Bonchev–Trinajstić information content (AvgIpc) is 2.29. The van der Waals surface area contributed by atoms with E-state index in [1.54, 1.807) is 6.20 Å². The summed E-state index contributed by atoms with van der Waals surface area (Å²) >= 11 is 3.16. The van der Waals surface area contributed by atoms with Gasteiger partial charge in [-0.3, -0.25) is 4.79 Å². The van der Waals surface area contributed by atoms with Crippen LogP contribution in [0.25, 0.3) is 0 Å². The molecule has 3 N–H and O–H groups in total. The molecule has 0 aliphatic rings. The highest BCUT2D eigenvalue weighted by molar-refractivity contribution is 9.10. The molecule has 0 aliphatic carbocycles. The van der Waals surface area contributed by atoms with Crippen molar-refractivity contribution in [2.75, 3.05) is 31.7 Å². The third kappa shape index (κ3) is 4.30. The molecule has 0 spiro atoms. The van der Waals surface area contributed by atoms with Crippen LogP contribution in [0.1, 0.15) is 6.42 Å². The predicted molar refractivity (Wildman–Crippen MR) is 63.6 cm³/mol. The van der Waals surface area contributed by atoms with E-state index >= 15 is 0 Å². The van der Waals surface area contributed by atoms with Crippen molar-refractivity contribution < 1.29 is 9.84 Å². The number of nitrogens with one attached hydrogen (secondary N) is 2. The fraction of sp³-hybridized carbons (Fsp3) is 0.556. The van der Waals surface area contributed by atoms with Crippen LogP contribution < -0.4 is 10.9 Å². The lowest BCUT2D eigenvalue weighted by atomic mass is 10.4. The third-order valence-corrected chi connectivity index (χ3v) is 2.60. The number of aliphatic hydroxyl groups excluding tert-OH is 1. The number of H-pyrrole nitrogens is 1. The zero-order chi connectivity index (χ0) is 11.8. The Morgan fingerprint density at radius 3 is 3.12 bits per heavy atom. The van der Waals surface area contributed by atoms with Crippen molar-refractivity contribution in [1.29, 1.82) is 0 Å². The van der Waals surface area contributed by atoms with Crippen molar-refractivity contribution in [3.05, 3.63) is 21.0 Å². The Balaban J connectivity index is 2.27. The van der Waals surface area contributed by atoms with Gasteiger partial charge in [0.25, 0.3) is 5.56 Å². The first-order valence-corrected chi connectivity index (χ1v) is 5.70. The third-order valence-electron chi connectivity index (χ3n) is 1.81. The molecule has 16 heavy (non-hydrogen) atoms. The number of aromatic nitrogens is 2. The molecule has 0 radical (unpaired) electrons. The standard InChI is InChI=1S/C9H14BrN3O3/c10-8-7(6-12-13-9(8)15)11-2-1-4-16-5-3-14/h6,14H,1-5H2,(H2,11,13,15). The molecule has 6 nitrogen and oxygen atoms in total. The van der Waals surface area contributed by atoms with Crippen LogP contribution in [-0.4, -0.2) is 41.7 Å². The summed E-state index contributed by atoms with van der Waals surface area (Å²) in [4.78, 5) is 11.2. The van der Waals surface area contributed by atoms with Crippen LogP contribution in [0.4, 0.5) is 5.69 Å². The molecule has 0 saturated heterocycles. The van der Waals surface area contributed by atoms with Crippen LogP contribution in [0.2, 0.25) is 0 Å². The van der Waals surface area contributed by atoms with Crippen LogP contribution in [-0.2, 0) is 4.74 Å². The van der Waals surface area contributed by atoms with Gasteiger partial charge in [0.1, 0.15) is 4.47 Å². The van der Waals surface area contributed by atoms with E-state index < -0.39 is 0 Å². The lowest BCUT2D eigenvalue weighted by Gasteiger charge is -2.07. The molecule has 7 heteroatoms. The topological polar surface area (TPSA) is 87.2 Å². The number of anilines is 1. The summed E-state index contributed by atoms with van der Waals surface area (Å²) in [7, 11) is 0. The molecule has 0 aliphatic heterocycles. The number of ether oxygens (including phenoxy) is 1. The molecule has 90 valence electrons. The monoisotopic (exact) mass is 291 g/mol. The van der Waals surface area contributed by atoms with Crippen LogP contribution in [0.5, 0.6) is 0 Å². The Labute approximate surface area is 101 Å². The van der Waals surface area contributed by atoms with Gasteiger partial charge in [0.05, 0.1) is 25.1 Å². The minimum atomic E-state index is -0.262. The summed E-state index contributed by atoms with van der Waals surface area (Å²) in [5.41, 5.74) is 0.396. The van der Waals surface area contributed by atoms with Crippen molar-refractivity contribution in [2.45, 2.75) is 6.42 Å². The van der Waals surface area contributed by atoms with Gasteiger partial charge in [-0.1, -0.05) is 0 Å². The lowest BCUT2D eigenvalue weighted by molar-refractivity contribution is 0.0922. The normalized spacial score (nSPS) is 10.4. The van der Waals surface area contributed by atoms with Gasteiger partial charge >= 0.3 is 0 Å². The predicted octanol–water partition coefficient (Wildman–Crippen LogP) is 0.343. The first-order valence-electron chi connectivity index (χ1n) is 4.91. The highest BCUT2D eigenvalue weighted by Gasteiger charge is 2.02. The van der Waals surface area contributed by atoms with Gasteiger partial charge in [0, 0.05) is 13.2 Å². The van der Waals surface area contributed by atoms with Crippen LogP contribution in [0.15, 0.2) is 15.5 Å². The van der Waals surface area contributed by atoms with Crippen molar-refractivity contribution in [1.82, 2.24) is 10.2 Å². The second-order valence-corrected chi connectivity index (χ2v) is 3.84. The summed E-state index contributed by atoms with van der Waals surface area (Å²) in [5, 5.41) is 17.5. The molecule has 0 unspecified atom stereocenters. The summed E-state index contributed by atoms with van der Waals surface area (Å²) < 4.78 is 5.53. The second kappa shape index (κ2) is 7.37. The van der Waals surface area contributed by atoms with E-state index in [2.05, 4.69) is 31.4 Å². The molecule has 0 saturated carbocycles. The van der Waals surface area contributed by atoms with Gasteiger partial charge in [-0.05, 0) is 22.4 Å². The molecule has 0 atom stereocenters. The summed E-state index contributed by atoms with van der Waals surface area (Å²) in [6, 6.07) is 0. The smallest absolute Gasteiger partial charge is 0.280 e. The van der Waals surface area contributed by atoms with Crippen molar-refractivity contribution >= 4 is 21.6 Å². The highest BCUT2D eigenvalue weighted by atomic mass is 79.9. The van der Waals surface area contributed by atoms with Gasteiger partial charge in [0.15, 0.2) is 0 Å². The molecule has 1 aromatic rings. The zero-order valence-corrected chi connectivity index (χ0v) is 10.3. The Morgan fingerprint density at radius 2 is 2.38 bits per heavy atom. The van der Waals surface area contributed by atoms with E-state index in [1.807, 2.05) is 0 Å². The molecule has 1 rings (SSSR count). The van der Waals surface area contributed by atoms with E-state index in [9.17, 15) is 4.79 Å². The quantitative estimate of drug-likeness (QED) is 0.631. The number of halogens is 1. The van der Waals surface area contributed by atoms with Gasteiger partial charge in [-0.2, -0.15) is 5.10 Å². The molecule has 0 bridgehead atoms. The van der Waals surface area contributed by atoms with Crippen LogP contribution >= 0.6 is 15.9 Å². The van der Waals surface area contributed by atoms with Crippen LogP contribution in [0, 0.1) is 0 Å². The molecule has 0 amide bonds. The van der Waals surface area contributed by atoms with E-state index in [0.717, 1.165) is 6.42 Å². The van der Waals surface area contributed by atoms with Crippen molar-refractivity contribution in [2.24, 2.45) is 0 Å². The first kappa shape index (κ1) is 13.1. The number of rotatable bonds is 7. The number of hydrogen-bond donors (Lipinski definition) is 3. The Morgan fingerprint density at radius 1 is 1.56 bits per heavy atom. The number of aromatic amines is 1. The molecular formula is C9H14BrN3O3. The van der Waals surface area contributed by atoms with E-state index in [4.69, 9.17) is 9.84 Å². The second-order valence-electron chi connectivity index (χ2n) is 3.04. The Kier molecular flexibility index (Phi) is 6.05. The minimum absolute atomic E-state index is 0.0386. The lowest BCUT2D eigenvalue weighted by Crippen LogP contribution is -2.14. The van der Waals surface area contributed by atoms with Gasteiger partial charge < -0.3 is 15.2 Å². The number of hydrogen-bond acceptors (Lipinski definition) is 5. The van der Waals surface area contributed by atoms with E-state index in [-0.39, 0.29) is 12.2 Å². The average molecular weight is 292 g/mol. The minimum Gasteiger partial charge on any atom is -0.394 e. The summed E-state index contributed by atoms with van der Waals surface area (Å²) in [6.45, 7) is 1.64. The summed E-state index contributed by atoms with van der Waals surface area (Å²) in [5.74, 6) is 0. The molecule has 1 heterocycles. The van der Waals surface area contributed by atoms with Gasteiger partial charge in [-0.25, -0.2) is 5.10 Å². The summed E-state index contributed by atoms with van der Waals surface area (Å²) in [6.07, 6.45) is 2.33. The van der Waals surface area contributed by atoms with Crippen LogP contribution in [0.3, 0.4) is 0 Å². The highest BCUT2D eigenvalue weighted by Crippen LogP contribution is 2.14. The fourth-order valence-electron chi connectivity index (χ4n) is 1.07. The van der Waals surface area contributed by atoms with Gasteiger partial charge in [0.2, 0.25) is 0 Å². The largest absolute Gasteiger partial charge is 0.394 e. The number of nitrogens with zero attached hydrogens (tertiary/aromatic N) is 1. The Bertz CT molecular complexity index is 369. The van der Waals surface area contributed by atoms with E-state index in [0.29, 0.717) is 29.9 Å². The Hall–Kier alpha value is -0.920. The van der Waals surface area contributed by atoms with E-state index in [1.165, 1.54) is 0 Å². The SMILES string of the molecule is O=c1[nH]ncc(NCCCOCCO)c1Br. The number of aliphatic hydroxyl groups is 1. The maximum absolute atomic E-state index is 11.2. The molecular weight excluding hydrogens is 278 g/mol. The van der Waals surface area contributed by atoms with Crippen molar-refractivity contribution in [3.8, 4) is 0 Å². The van der Waals surface area contributed by atoms with Gasteiger partial charge in [-0.15, -0.1) is 0 Å². The maximum atomic E-state index is 11.2. The molecule has 0 fully saturated rings.